The van der Waals surface area contributed by atoms with Gasteiger partial charge in [0.25, 0.3) is 0 Å². The van der Waals surface area contributed by atoms with Crippen LogP contribution in [0.3, 0.4) is 0 Å². The Morgan fingerprint density at radius 3 is 2.27 bits per heavy atom. The fraction of sp³-hybridized carbons (Fsp3) is 0.400. The molecule has 1 aromatic carbocycles. The van der Waals surface area contributed by atoms with Gasteiger partial charge < -0.3 is 9.47 Å². The van der Waals surface area contributed by atoms with Crippen LogP contribution in [-0.2, 0) is 10.1 Å². The Bertz CT molecular complexity index is 305. The van der Waals surface area contributed by atoms with Crippen LogP contribution in [0.5, 0.6) is 5.75 Å². The molecule has 0 fully saturated rings. The summed E-state index contributed by atoms with van der Waals surface area (Å²) in [7, 11) is 0. The zero-order valence-electron chi connectivity index (χ0n) is 8.23. The van der Waals surface area contributed by atoms with E-state index in [2.05, 4.69) is 47.8 Å². The summed E-state index contributed by atoms with van der Waals surface area (Å²) in [6.45, 7) is 2.84. The van der Waals surface area contributed by atoms with Crippen LogP contribution < -0.4 is 4.74 Å². The van der Waals surface area contributed by atoms with Gasteiger partial charge in [-0.15, -0.1) is 0 Å². The third kappa shape index (κ3) is 4.06. The number of benzene rings is 1. The van der Waals surface area contributed by atoms with Crippen molar-refractivity contribution in [2.24, 2.45) is 0 Å². The molecule has 0 heterocycles. The smallest absolute Gasteiger partial charge is 0.189 e. The summed E-state index contributed by atoms with van der Waals surface area (Å²) < 4.78 is 12.5. The summed E-state index contributed by atoms with van der Waals surface area (Å²) in [5.74, 6) is 0.771. The number of rotatable bonds is 5. The first-order chi connectivity index (χ1) is 7.19. The Labute approximate surface area is 115 Å². The van der Waals surface area contributed by atoms with Gasteiger partial charge in [-0.25, -0.2) is 0 Å². The highest BCUT2D eigenvalue weighted by molar-refractivity contribution is 9.11. The second-order valence-corrected chi connectivity index (χ2v) is 5.05. The van der Waals surface area contributed by atoms with Gasteiger partial charge in [0.15, 0.2) is 12.5 Å². The second kappa shape index (κ2) is 6.89. The molecule has 15 heavy (non-hydrogen) atoms. The van der Waals surface area contributed by atoms with Gasteiger partial charge in [-0.1, -0.05) is 15.9 Å². The minimum Gasteiger partial charge on any atom is -0.465 e. The normalized spacial score (nSPS) is 10.4. The molecular formula is C10H11Br3O2. The van der Waals surface area contributed by atoms with Crippen molar-refractivity contribution in [1.82, 2.24) is 0 Å². The van der Waals surface area contributed by atoms with Crippen LogP contribution in [0.1, 0.15) is 12.5 Å². The lowest BCUT2D eigenvalue weighted by Gasteiger charge is -2.11. The molecular weight excluding hydrogens is 392 g/mol. The molecule has 0 aromatic heterocycles. The standard InChI is InChI=1S/C10H11Br3O2/c1-2-14-6-15-10-8(12)3-7(5-11)4-9(10)13/h3-4H,2,5-6H2,1H3. The van der Waals surface area contributed by atoms with Gasteiger partial charge in [0, 0.05) is 11.9 Å². The fourth-order valence-corrected chi connectivity index (χ4v) is 2.85. The molecule has 1 rings (SSSR count). The topological polar surface area (TPSA) is 18.5 Å². The Morgan fingerprint density at radius 1 is 1.20 bits per heavy atom. The van der Waals surface area contributed by atoms with Crippen molar-refractivity contribution in [2.45, 2.75) is 12.3 Å². The van der Waals surface area contributed by atoms with E-state index in [9.17, 15) is 0 Å². The van der Waals surface area contributed by atoms with Gasteiger partial charge in [-0.2, -0.15) is 0 Å². The lowest BCUT2D eigenvalue weighted by atomic mass is 10.2. The van der Waals surface area contributed by atoms with E-state index in [0.717, 1.165) is 20.0 Å². The summed E-state index contributed by atoms with van der Waals surface area (Å²) >= 11 is 10.3. The Balaban J connectivity index is 2.79. The van der Waals surface area contributed by atoms with Crippen molar-refractivity contribution in [1.29, 1.82) is 0 Å². The maximum absolute atomic E-state index is 5.48. The van der Waals surface area contributed by atoms with Crippen molar-refractivity contribution in [3.8, 4) is 5.75 Å². The average Bonchev–Trinajstić information content (AvgIpc) is 2.22. The van der Waals surface area contributed by atoms with Crippen LogP contribution in [0.15, 0.2) is 21.1 Å². The van der Waals surface area contributed by atoms with Crippen molar-refractivity contribution < 1.29 is 9.47 Å². The molecule has 0 saturated carbocycles. The minimum absolute atomic E-state index is 0.265. The van der Waals surface area contributed by atoms with Crippen LogP contribution in [-0.4, -0.2) is 13.4 Å². The maximum Gasteiger partial charge on any atom is 0.189 e. The molecule has 0 bridgehead atoms. The van der Waals surface area contributed by atoms with Crippen LogP contribution >= 0.6 is 47.8 Å². The molecule has 0 atom stereocenters. The SMILES string of the molecule is CCOCOc1c(Br)cc(CBr)cc1Br. The summed E-state index contributed by atoms with van der Waals surface area (Å²) in [4.78, 5) is 0. The highest BCUT2D eigenvalue weighted by Crippen LogP contribution is 2.35. The van der Waals surface area contributed by atoms with E-state index >= 15 is 0 Å². The third-order valence-electron chi connectivity index (χ3n) is 1.70. The molecule has 0 radical (unpaired) electrons. The number of alkyl halides is 1. The molecule has 84 valence electrons. The number of hydrogen-bond acceptors (Lipinski definition) is 2. The third-order valence-corrected chi connectivity index (χ3v) is 3.53. The number of ether oxygens (including phenoxy) is 2. The Kier molecular flexibility index (Phi) is 6.19. The van der Waals surface area contributed by atoms with Crippen molar-refractivity contribution in [2.75, 3.05) is 13.4 Å². The van der Waals surface area contributed by atoms with Gasteiger partial charge in [0.1, 0.15) is 0 Å². The Morgan fingerprint density at radius 2 is 1.80 bits per heavy atom. The molecule has 1 aromatic rings. The van der Waals surface area contributed by atoms with Gasteiger partial charge >= 0.3 is 0 Å². The highest BCUT2D eigenvalue weighted by Gasteiger charge is 2.08. The lowest BCUT2D eigenvalue weighted by Crippen LogP contribution is -2.03. The molecule has 2 nitrogen and oxygen atoms in total. The summed E-state index contributed by atoms with van der Waals surface area (Å²) in [6, 6.07) is 4.03. The van der Waals surface area contributed by atoms with Gasteiger partial charge in [0.05, 0.1) is 8.95 Å². The summed E-state index contributed by atoms with van der Waals surface area (Å²) in [5, 5.41) is 0.815. The van der Waals surface area contributed by atoms with Gasteiger partial charge in [-0.3, -0.25) is 0 Å². The first kappa shape index (κ1) is 13.5. The predicted molar refractivity (Wildman–Crippen MR) is 71.6 cm³/mol. The number of hydrogen-bond donors (Lipinski definition) is 0. The maximum atomic E-state index is 5.48. The quantitative estimate of drug-likeness (QED) is 0.410. The molecule has 0 aliphatic heterocycles. The lowest BCUT2D eigenvalue weighted by molar-refractivity contribution is 0.0215. The molecule has 0 aliphatic rings. The predicted octanol–water partition coefficient (Wildman–Crippen LogP) is 4.48. The fourth-order valence-electron chi connectivity index (χ4n) is 1.01. The van der Waals surface area contributed by atoms with Crippen LogP contribution in [0, 0.1) is 0 Å². The molecule has 0 unspecified atom stereocenters. The van der Waals surface area contributed by atoms with Gasteiger partial charge in [0.2, 0.25) is 0 Å². The minimum atomic E-state index is 0.265. The summed E-state index contributed by atoms with van der Waals surface area (Å²) in [5.41, 5.74) is 1.18. The van der Waals surface area contributed by atoms with Crippen LogP contribution in [0.4, 0.5) is 0 Å². The first-order valence-corrected chi connectivity index (χ1v) is 7.14. The van der Waals surface area contributed by atoms with Crippen molar-refractivity contribution in [3.05, 3.63) is 26.6 Å². The zero-order valence-corrected chi connectivity index (χ0v) is 13.0. The van der Waals surface area contributed by atoms with E-state index in [-0.39, 0.29) is 6.79 Å². The highest BCUT2D eigenvalue weighted by atomic mass is 79.9. The van der Waals surface area contributed by atoms with E-state index < -0.39 is 0 Å². The largest absolute Gasteiger partial charge is 0.465 e. The van der Waals surface area contributed by atoms with Crippen LogP contribution in [0.25, 0.3) is 0 Å². The molecule has 5 heteroatoms. The molecule has 0 aliphatic carbocycles. The average molecular weight is 403 g/mol. The zero-order chi connectivity index (χ0) is 11.3. The van der Waals surface area contributed by atoms with E-state index in [1.165, 1.54) is 5.56 Å². The van der Waals surface area contributed by atoms with E-state index in [1.807, 2.05) is 19.1 Å². The van der Waals surface area contributed by atoms with Gasteiger partial charge in [-0.05, 0) is 56.5 Å². The first-order valence-electron chi connectivity index (χ1n) is 4.43. The van der Waals surface area contributed by atoms with Crippen molar-refractivity contribution >= 4 is 47.8 Å². The summed E-state index contributed by atoms with van der Waals surface area (Å²) in [6.07, 6.45) is 0. The van der Waals surface area contributed by atoms with Crippen LogP contribution in [0.2, 0.25) is 0 Å². The van der Waals surface area contributed by atoms with E-state index in [4.69, 9.17) is 9.47 Å². The molecule has 0 amide bonds. The Hall–Kier alpha value is 0.420. The second-order valence-electron chi connectivity index (χ2n) is 2.78. The van der Waals surface area contributed by atoms with Crippen molar-refractivity contribution in [3.63, 3.8) is 0 Å². The monoisotopic (exact) mass is 400 g/mol. The number of halogens is 3. The van der Waals surface area contributed by atoms with E-state index in [0.29, 0.717) is 6.61 Å². The molecule has 0 N–H and O–H groups in total. The molecule has 0 saturated heterocycles. The molecule has 0 spiro atoms. The van der Waals surface area contributed by atoms with E-state index in [1.54, 1.807) is 0 Å².